The molecular weight excluding hydrogens is 412 g/mol. The van der Waals surface area contributed by atoms with Gasteiger partial charge in [0.2, 0.25) is 9.84 Å². The Morgan fingerprint density at radius 3 is 2.48 bits per heavy atom. The first kappa shape index (κ1) is 22.9. The van der Waals surface area contributed by atoms with Crippen LogP contribution < -0.4 is 10.6 Å². The molecule has 0 atom stereocenters. The maximum absolute atomic E-state index is 13.3. The minimum Gasteiger partial charge on any atom is -0.370 e. The van der Waals surface area contributed by atoms with Crippen molar-refractivity contribution in [2.24, 2.45) is 0 Å². The molecule has 29 heavy (non-hydrogen) atoms. The Hall–Kier alpha value is -2.36. The molecule has 10 heteroatoms. The summed E-state index contributed by atoms with van der Waals surface area (Å²) in [5, 5.41) is 10.7. The molecule has 2 N–H and O–H groups in total. The fraction of sp³-hybridized carbons (Fsp3) is 0.368. The highest BCUT2D eigenvalue weighted by molar-refractivity contribution is 7.91. The predicted octanol–water partition coefficient (Wildman–Crippen LogP) is 2.70. The number of fused-ring (bicyclic) bond motifs is 1. The lowest BCUT2D eigenvalue weighted by atomic mass is 10.3. The Morgan fingerprint density at radius 2 is 1.86 bits per heavy atom. The van der Waals surface area contributed by atoms with E-state index in [1.54, 1.807) is 41.9 Å². The molecule has 0 aliphatic rings. The molecule has 0 aliphatic carbocycles. The Bertz CT molecular complexity index is 1070. The Kier molecular flexibility index (Phi) is 7.45. The minimum atomic E-state index is -3.78. The molecule has 3 rings (SSSR count). The molecule has 0 saturated heterocycles. The van der Waals surface area contributed by atoms with Crippen molar-refractivity contribution >= 4 is 39.5 Å². The summed E-state index contributed by atoms with van der Waals surface area (Å²) in [6.07, 6.45) is 0.950. The molecule has 0 spiro atoms. The average molecular weight is 439 g/mol. The van der Waals surface area contributed by atoms with E-state index >= 15 is 0 Å². The minimum absolute atomic E-state index is 0. The molecule has 0 aliphatic heterocycles. The van der Waals surface area contributed by atoms with Gasteiger partial charge in [-0.1, -0.05) is 18.2 Å². The van der Waals surface area contributed by atoms with Gasteiger partial charge in [0.1, 0.15) is 5.82 Å². The molecule has 3 aromatic rings. The van der Waals surface area contributed by atoms with Gasteiger partial charge in [-0.2, -0.15) is 4.52 Å². The van der Waals surface area contributed by atoms with Crippen molar-refractivity contribution in [1.82, 2.24) is 19.5 Å². The van der Waals surface area contributed by atoms with Crippen LogP contribution in [-0.4, -0.2) is 62.1 Å². The molecule has 0 bridgehead atoms. The van der Waals surface area contributed by atoms with Crippen molar-refractivity contribution in [2.45, 2.75) is 23.1 Å². The lowest BCUT2D eigenvalue weighted by Crippen LogP contribution is -2.17. The zero-order chi connectivity index (χ0) is 20.3. The third-order valence-corrected chi connectivity index (χ3v) is 6.13. The SMILES string of the molecule is CNc1nn2c(NCCCN(C)C)cc(C)nc2c1S(=O)(=O)c1ccccc1.Cl. The molecule has 0 radical (unpaired) electrons. The van der Waals surface area contributed by atoms with Crippen molar-refractivity contribution in [1.29, 1.82) is 0 Å². The maximum atomic E-state index is 13.3. The van der Waals surface area contributed by atoms with Gasteiger partial charge in [0.15, 0.2) is 16.4 Å². The molecule has 8 nitrogen and oxygen atoms in total. The van der Waals surface area contributed by atoms with Crippen LogP contribution in [0.5, 0.6) is 0 Å². The molecule has 0 unspecified atom stereocenters. The maximum Gasteiger partial charge on any atom is 0.214 e. The topological polar surface area (TPSA) is 91.6 Å². The van der Waals surface area contributed by atoms with Gasteiger partial charge in [-0.05, 0) is 46.1 Å². The molecule has 2 heterocycles. The predicted molar refractivity (Wildman–Crippen MR) is 118 cm³/mol. The zero-order valence-corrected chi connectivity index (χ0v) is 18.6. The van der Waals surface area contributed by atoms with Gasteiger partial charge in [0.25, 0.3) is 0 Å². The number of nitrogens with one attached hydrogen (secondary N) is 2. The quantitative estimate of drug-likeness (QED) is 0.522. The zero-order valence-electron chi connectivity index (χ0n) is 17.0. The number of hydrogen-bond donors (Lipinski definition) is 2. The summed E-state index contributed by atoms with van der Waals surface area (Å²) in [4.78, 5) is 6.90. The summed E-state index contributed by atoms with van der Waals surface area (Å²) in [6, 6.07) is 10.2. The second-order valence-corrected chi connectivity index (χ2v) is 8.73. The Labute approximate surface area is 177 Å². The first-order valence-electron chi connectivity index (χ1n) is 9.11. The monoisotopic (exact) mass is 438 g/mol. The van der Waals surface area contributed by atoms with Crippen molar-refractivity contribution < 1.29 is 8.42 Å². The van der Waals surface area contributed by atoms with Crippen molar-refractivity contribution in [3.05, 3.63) is 42.1 Å². The van der Waals surface area contributed by atoms with Crippen molar-refractivity contribution in [2.75, 3.05) is 44.9 Å². The van der Waals surface area contributed by atoms with E-state index in [0.29, 0.717) is 11.5 Å². The van der Waals surface area contributed by atoms with Gasteiger partial charge in [-0.3, -0.25) is 0 Å². The largest absolute Gasteiger partial charge is 0.370 e. The molecular formula is C19H27ClN6O2S. The van der Waals surface area contributed by atoms with Crippen LogP contribution >= 0.6 is 12.4 Å². The van der Waals surface area contributed by atoms with Crippen LogP contribution in [0.2, 0.25) is 0 Å². The van der Waals surface area contributed by atoms with E-state index < -0.39 is 9.84 Å². The van der Waals surface area contributed by atoms with E-state index in [2.05, 4.69) is 25.6 Å². The van der Waals surface area contributed by atoms with E-state index in [1.807, 2.05) is 27.1 Å². The summed E-state index contributed by atoms with van der Waals surface area (Å²) < 4.78 is 28.1. The number of anilines is 2. The standard InChI is InChI=1S/C19H26N6O2S.ClH/c1-14-13-16(21-11-8-12-24(3)4)25-19(22-14)17(18(20-2)23-25)28(26,27)15-9-6-5-7-10-15;/h5-7,9-10,13,21H,8,11-12H2,1-4H3,(H,20,23);1H. The number of aromatic nitrogens is 3. The van der Waals surface area contributed by atoms with Gasteiger partial charge in [-0.15, -0.1) is 17.5 Å². The fourth-order valence-corrected chi connectivity index (χ4v) is 4.51. The average Bonchev–Trinajstić information content (AvgIpc) is 3.05. The van der Waals surface area contributed by atoms with E-state index in [9.17, 15) is 8.42 Å². The summed E-state index contributed by atoms with van der Waals surface area (Å²) >= 11 is 0. The van der Waals surface area contributed by atoms with Crippen LogP contribution in [-0.2, 0) is 9.84 Å². The van der Waals surface area contributed by atoms with Gasteiger partial charge in [0.05, 0.1) is 4.90 Å². The lowest BCUT2D eigenvalue weighted by Gasteiger charge is -2.12. The number of benzene rings is 1. The second-order valence-electron chi connectivity index (χ2n) is 6.85. The number of nitrogens with zero attached hydrogens (tertiary/aromatic N) is 4. The Balaban J connectivity index is 0.00000300. The smallest absolute Gasteiger partial charge is 0.214 e. The molecule has 0 saturated carbocycles. The van der Waals surface area contributed by atoms with E-state index in [0.717, 1.165) is 25.2 Å². The summed E-state index contributed by atoms with van der Waals surface area (Å²) in [5.74, 6) is 0.991. The molecule has 0 fully saturated rings. The van der Waals surface area contributed by atoms with Gasteiger partial charge in [-0.25, -0.2) is 13.4 Å². The van der Waals surface area contributed by atoms with Crippen LogP contribution in [0.15, 0.2) is 46.2 Å². The molecule has 1 aromatic carbocycles. The van der Waals surface area contributed by atoms with Gasteiger partial charge < -0.3 is 15.5 Å². The molecule has 0 amide bonds. The third kappa shape index (κ3) is 4.80. The Morgan fingerprint density at radius 1 is 1.17 bits per heavy atom. The van der Waals surface area contributed by atoms with E-state index in [1.165, 1.54) is 0 Å². The number of hydrogen-bond acceptors (Lipinski definition) is 7. The normalized spacial score (nSPS) is 11.5. The van der Waals surface area contributed by atoms with Crippen LogP contribution in [0.4, 0.5) is 11.6 Å². The highest BCUT2D eigenvalue weighted by atomic mass is 35.5. The number of rotatable bonds is 8. The third-order valence-electron chi connectivity index (χ3n) is 4.32. The first-order chi connectivity index (χ1) is 13.3. The summed E-state index contributed by atoms with van der Waals surface area (Å²) in [6.45, 7) is 3.54. The van der Waals surface area contributed by atoms with Crippen LogP contribution in [0, 0.1) is 6.92 Å². The lowest BCUT2D eigenvalue weighted by molar-refractivity contribution is 0.405. The van der Waals surface area contributed by atoms with Crippen LogP contribution in [0.1, 0.15) is 12.1 Å². The van der Waals surface area contributed by atoms with Crippen molar-refractivity contribution in [3.8, 4) is 0 Å². The van der Waals surface area contributed by atoms with Crippen LogP contribution in [0.3, 0.4) is 0 Å². The molecule has 158 valence electrons. The van der Waals surface area contributed by atoms with Gasteiger partial charge in [0, 0.05) is 25.4 Å². The second kappa shape index (κ2) is 9.43. The number of aryl methyl sites for hydroxylation is 1. The number of sulfone groups is 1. The fourth-order valence-electron chi connectivity index (χ4n) is 2.99. The highest BCUT2D eigenvalue weighted by Crippen LogP contribution is 2.31. The summed E-state index contributed by atoms with van der Waals surface area (Å²) in [5.41, 5.74) is 1.03. The van der Waals surface area contributed by atoms with Gasteiger partial charge >= 0.3 is 0 Å². The van der Waals surface area contributed by atoms with E-state index in [4.69, 9.17) is 0 Å². The number of halogens is 1. The van der Waals surface area contributed by atoms with E-state index in [-0.39, 0.29) is 28.0 Å². The summed E-state index contributed by atoms with van der Waals surface area (Å²) in [7, 11) is 1.94. The first-order valence-corrected chi connectivity index (χ1v) is 10.6. The van der Waals surface area contributed by atoms with Crippen LogP contribution in [0.25, 0.3) is 5.65 Å². The highest BCUT2D eigenvalue weighted by Gasteiger charge is 2.29. The van der Waals surface area contributed by atoms with Crippen molar-refractivity contribution in [3.63, 3.8) is 0 Å². The molecule has 2 aromatic heterocycles.